The maximum Gasteiger partial charge on any atom is 0.333 e. The molecule has 5 heteroatoms. The van der Waals surface area contributed by atoms with Gasteiger partial charge in [0.1, 0.15) is 0 Å². The number of fused-ring (bicyclic) bond motifs is 1. The molecule has 3 atom stereocenters. The molecule has 5 nitrogen and oxygen atoms in total. The first-order chi connectivity index (χ1) is 13.4. The summed E-state index contributed by atoms with van der Waals surface area (Å²) in [5, 5.41) is 0. The van der Waals surface area contributed by atoms with Crippen molar-refractivity contribution in [3.05, 3.63) is 23.3 Å². The number of carbonyl (C=O) groups excluding carboxylic acids is 2. The number of carbonyl (C=O) groups is 2. The smallest absolute Gasteiger partial charge is 0.333 e. The Labute approximate surface area is 169 Å². The summed E-state index contributed by atoms with van der Waals surface area (Å²) in [6, 6.07) is 0. The zero-order valence-corrected chi connectivity index (χ0v) is 17.8. The lowest BCUT2D eigenvalue weighted by Crippen LogP contribution is -2.44. The Balaban J connectivity index is 1.46. The number of hydrogen-bond donors (Lipinski definition) is 0. The summed E-state index contributed by atoms with van der Waals surface area (Å²) in [4.78, 5) is 29.5. The van der Waals surface area contributed by atoms with Gasteiger partial charge in [-0.15, -0.1) is 0 Å². The molecule has 0 aromatic carbocycles. The lowest BCUT2D eigenvalue weighted by atomic mass is 9.86. The quantitative estimate of drug-likeness (QED) is 0.398. The van der Waals surface area contributed by atoms with Crippen LogP contribution in [0.1, 0.15) is 46.0 Å². The predicted octanol–water partition coefficient (Wildman–Crippen LogP) is 3.07. The topological polar surface area (TPSA) is 49.9 Å². The third-order valence-electron chi connectivity index (χ3n) is 7.08. The van der Waals surface area contributed by atoms with Crippen molar-refractivity contribution in [3.63, 3.8) is 0 Å². The Hall–Kier alpha value is -1.46. The minimum atomic E-state index is -0.253. The van der Waals surface area contributed by atoms with Gasteiger partial charge in [0.15, 0.2) is 5.78 Å². The monoisotopic (exact) mass is 388 g/mol. The van der Waals surface area contributed by atoms with E-state index in [4.69, 9.17) is 4.74 Å². The highest BCUT2D eigenvalue weighted by Gasteiger charge is 2.38. The number of nitrogens with zero attached hydrogens (tertiary/aromatic N) is 2. The normalized spacial score (nSPS) is 29.5. The van der Waals surface area contributed by atoms with Crippen LogP contribution in [-0.2, 0) is 14.3 Å². The molecule has 0 aromatic heterocycles. The van der Waals surface area contributed by atoms with Gasteiger partial charge in [-0.05, 0) is 63.0 Å². The van der Waals surface area contributed by atoms with Crippen molar-refractivity contribution in [2.45, 2.75) is 46.0 Å². The second-order valence-electron chi connectivity index (χ2n) is 9.00. The van der Waals surface area contributed by atoms with Crippen LogP contribution in [-0.4, -0.2) is 67.9 Å². The lowest BCUT2D eigenvalue weighted by Gasteiger charge is -2.32. The van der Waals surface area contributed by atoms with Gasteiger partial charge < -0.3 is 14.5 Å². The molecule has 0 aromatic rings. The third-order valence-corrected chi connectivity index (χ3v) is 7.08. The molecule has 3 rings (SSSR count). The van der Waals surface area contributed by atoms with Gasteiger partial charge in [-0.3, -0.25) is 4.79 Å². The zero-order valence-electron chi connectivity index (χ0n) is 17.8. The number of rotatable bonds is 6. The first-order valence-corrected chi connectivity index (χ1v) is 10.9. The first kappa shape index (κ1) is 21.3. The number of likely N-dealkylation sites (N-methyl/N-ethyl adjacent to an activating group) is 1. The molecule has 0 bridgehead atoms. The molecule has 0 N–H and O–H groups in total. The second-order valence-corrected chi connectivity index (χ2v) is 9.00. The second kappa shape index (κ2) is 9.36. The number of piperazine rings is 1. The molecule has 156 valence electrons. The van der Waals surface area contributed by atoms with Gasteiger partial charge in [0, 0.05) is 44.7 Å². The number of esters is 1. The molecule has 1 aliphatic heterocycles. The molecule has 1 heterocycles. The van der Waals surface area contributed by atoms with Crippen molar-refractivity contribution in [1.82, 2.24) is 9.80 Å². The molecule has 28 heavy (non-hydrogen) atoms. The molecule has 0 amide bonds. The van der Waals surface area contributed by atoms with E-state index in [2.05, 4.69) is 30.4 Å². The maximum atomic E-state index is 12.5. The summed E-state index contributed by atoms with van der Waals surface area (Å²) in [6.07, 6.45) is 4.30. The van der Waals surface area contributed by atoms with Crippen LogP contribution in [0, 0.1) is 17.8 Å². The van der Waals surface area contributed by atoms with Gasteiger partial charge in [0.25, 0.3) is 0 Å². The fraction of sp³-hybridized carbons (Fsp3) is 0.739. The van der Waals surface area contributed by atoms with Crippen LogP contribution in [0.3, 0.4) is 0 Å². The van der Waals surface area contributed by atoms with Crippen LogP contribution < -0.4 is 0 Å². The molecule has 0 unspecified atom stereocenters. The molecule has 1 saturated carbocycles. The zero-order chi connectivity index (χ0) is 20.3. The van der Waals surface area contributed by atoms with Crippen molar-refractivity contribution in [1.29, 1.82) is 0 Å². The highest BCUT2D eigenvalue weighted by Crippen LogP contribution is 2.45. The average Bonchev–Trinajstić information content (AvgIpc) is 2.86. The van der Waals surface area contributed by atoms with Gasteiger partial charge in [-0.25, -0.2) is 4.79 Å². The van der Waals surface area contributed by atoms with Gasteiger partial charge in [0.05, 0.1) is 6.61 Å². The van der Waals surface area contributed by atoms with E-state index in [1.807, 2.05) is 6.92 Å². The minimum absolute atomic E-state index is 0.105. The standard InChI is InChI=1S/C23H36N2O3/c1-16-6-7-19(14-21-18(3)22(26)15-20(16)21)17(2)23(27)28-13-5-8-25-11-9-24(4)10-12-25/h16,19-20H,2,5-15H2,1,3-4H3/t16-,19+,20-/m0/s1. The van der Waals surface area contributed by atoms with E-state index < -0.39 is 0 Å². The summed E-state index contributed by atoms with van der Waals surface area (Å²) in [5.41, 5.74) is 2.79. The van der Waals surface area contributed by atoms with Crippen LogP contribution in [0.15, 0.2) is 23.3 Å². The number of ether oxygens (including phenoxy) is 1. The highest BCUT2D eigenvalue weighted by molar-refractivity contribution is 5.98. The average molecular weight is 389 g/mol. The summed E-state index contributed by atoms with van der Waals surface area (Å²) < 4.78 is 5.54. The fourth-order valence-corrected chi connectivity index (χ4v) is 4.90. The molecule has 0 radical (unpaired) electrons. The number of allylic oxidation sites excluding steroid dienone is 2. The largest absolute Gasteiger partial charge is 0.462 e. The Bertz CT molecular complexity index is 646. The maximum absolute atomic E-state index is 12.5. The third kappa shape index (κ3) is 4.93. The summed E-state index contributed by atoms with van der Waals surface area (Å²) >= 11 is 0. The van der Waals surface area contributed by atoms with Crippen molar-refractivity contribution in [3.8, 4) is 0 Å². The van der Waals surface area contributed by atoms with E-state index in [1.54, 1.807) is 0 Å². The molecule has 1 saturated heterocycles. The molecular formula is C23H36N2O3. The minimum Gasteiger partial charge on any atom is -0.462 e. The molecule has 3 aliphatic rings. The van der Waals surface area contributed by atoms with Gasteiger partial charge >= 0.3 is 5.97 Å². The van der Waals surface area contributed by atoms with E-state index in [0.29, 0.717) is 30.4 Å². The van der Waals surface area contributed by atoms with Crippen LogP contribution >= 0.6 is 0 Å². The molecular weight excluding hydrogens is 352 g/mol. The van der Waals surface area contributed by atoms with Crippen LogP contribution in [0.25, 0.3) is 0 Å². The Morgan fingerprint density at radius 3 is 2.61 bits per heavy atom. The van der Waals surface area contributed by atoms with Gasteiger partial charge in [-0.1, -0.05) is 19.1 Å². The molecule has 0 spiro atoms. The Morgan fingerprint density at radius 2 is 1.89 bits per heavy atom. The van der Waals surface area contributed by atoms with E-state index in [-0.39, 0.29) is 17.7 Å². The van der Waals surface area contributed by atoms with E-state index in [1.165, 1.54) is 5.57 Å². The van der Waals surface area contributed by atoms with E-state index >= 15 is 0 Å². The first-order valence-electron chi connectivity index (χ1n) is 10.9. The van der Waals surface area contributed by atoms with Gasteiger partial charge in [0.2, 0.25) is 0 Å². The fourth-order valence-electron chi connectivity index (χ4n) is 4.90. The van der Waals surface area contributed by atoms with Crippen molar-refractivity contribution in [2.24, 2.45) is 17.8 Å². The summed E-state index contributed by atoms with van der Waals surface area (Å²) in [6.45, 7) is 14.1. The molecule has 2 fully saturated rings. The summed E-state index contributed by atoms with van der Waals surface area (Å²) in [7, 11) is 2.15. The number of ketones is 1. The van der Waals surface area contributed by atoms with Gasteiger partial charge in [-0.2, -0.15) is 0 Å². The van der Waals surface area contributed by atoms with Crippen LogP contribution in [0.5, 0.6) is 0 Å². The molecule has 2 aliphatic carbocycles. The lowest BCUT2D eigenvalue weighted by molar-refractivity contribution is -0.139. The van der Waals surface area contributed by atoms with Crippen LogP contribution in [0.2, 0.25) is 0 Å². The van der Waals surface area contributed by atoms with Crippen molar-refractivity contribution >= 4 is 11.8 Å². The highest BCUT2D eigenvalue weighted by atomic mass is 16.5. The number of hydrogen-bond acceptors (Lipinski definition) is 5. The van der Waals surface area contributed by atoms with Crippen LogP contribution in [0.4, 0.5) is 0 Å². The van der Waals surface area contributed by atoms with Crippen molar-refractivity contribution < 1.29 is 14.3 Å². The summed E-state index contributed by atoms with van der Waals surface area (Å²) in [5.74, 6) is 0.994. The SMILES string of the molecule is C=C(C(=O)OCCCN1CCN(C)CC1)[C@@H]1CC[C@H](C)[C@@H]2CC(=O)C(C)=C2C1. The van der Waals surface area contributed by atoms with E-state index in [0.717, 1.165) is 64.0 Å². The number of Topliss-reactive ketones (excluding diaryl/α,β-unsaturated/α-hetero) is 1. The Kier molecular flexibility index (Phi) is 7.10. The van der Waals surface area contributed by atoms with Crippen molar-refractivity contribution in [2.75, 3.05) is 46.4 Å². The van der Waals surface area contributed by atoms with E-state index in [9.17, 15) is 9.59 Å². The Morgan fingerprint density at radius 1 is 1.18 bits per heavy atom. The predicted molar refractivity (Wildman–Crippen MR) is 111 cm³/mol.